The van der Waals surface area contributed by atoms with Crippen molar-refractivity contribution in [2.75, 3.05) is 44.5 Å². The number of aromatic nitrogens is 3. The molecule has 4 rings (SSSR count). The molecular formula is C27H34N8O3S. The zero-order chi connectivity index (χ0) is 28.2. The predicted molar refractivity (Wildman–Crippen MR) is 154 cm³/mol. The normalized spacial score (nSPS) is 12.0. The minimum Gasteiger partial charge on any atom is -0.382 e. The number of sulfonamides is 1. The number of fused-ring (bicyclic) bond motifs is 1. The number of aryl methyl sites for hydroxylation is 3. The van der Waals surface area contributed by atoms with E-state index in [0.717, 1.165) is 28.3 Å². The molecule has 0 saturated heterocycles. The summed E-state index contributed by atoms with van der Waals surface area (Å²) in [5.41, 5.74) is 11.9. The van der Waals surface area contributed by atoms with E-state index in [0.29, 0.717) is 35.9 Å². The van der Waals surface area contributed by atoms with Crippen molar-refractivity contribution in [1.29, 1.82) is 0 Å². The number of nitrogens with zero attached hydrogens (tertiary/aromatic N) is 6. The molecule has 0 unspecified atom stereocenters. The number of ether oxygens (including phenoxy) is 1. The van der Waals surface area contributed by atoms with Gasteiger partial charge in [0.05, 0.1) is 35.0 Å². The van der Waals surface area contributed by atoms with E-state index >= 15 is 0 Å². The second-order valence-corrected chi connectivity index (χ2v) is 11.1. The lowest BCUT2D eigenvalue weighted by molar-refractivity contribution is 0.131. The average molecular weight is 551 g/mol. The molecule has 0 aliphatic heterocycles. The molecule has 11 nitrogen and oxygen atoms in total. The largest absolute Gasteiger partial charge is 0.382 e. The van der Waals surface area contributed by atoms with Crippen molar-refractivity contribution in [1.82, 2.24) is 19.3 Å². The number of pyridine rings is 1. The van der Waals surface area contributed by atoms with Crippen LogP contribution in [0.4, 0.5) is 22.9 Å². The second kappa shape index (κ2) is 11.9. The molecular weight excluding hydrogens is 516 g/mol. The molecule has 2 heterocycles. The summed E-state index contributed by atoms with van der Waals surface area (Å²) in [7, 11) is 0.256. The summed E-state index contributed by atoms with van der Waals surface area (Å²) in [6.07, 6.45) is 0. The Labute approximate surface area is 228 Å². The topological polar surface area (TPSA) is 140 Å². The van der Waals surface area contributed by atoms with E-state index in [2.05, 4.69) is 29.5 Å². The van der Waals surface area contributed by atoms with E-state index in [9.17, 15) is 8.42 Å². The van der Waals surface area contributed by atoms with Gasteiger partial charge in [-0.2, -0.15) is 10.2 Å². The van der Waals surface area contributed by atoms with E-state index < -0.39 is 10.0 Å². The third-order valence-corrected chi connectivity index (χ3v) is 7.86. The number of nitrogens with two attached hydrogens (primary N) is 1. The van der Waals surface area contributed by atoms with Crippen LogP contribution in [0.25, 0.3) is 11.0 Å². The maximum absolute atomic E-state index is 12.7. The van der Waals surface area contributed by atoms with Gasteiger partial charge in [0, 0.05) is 38.6 Å². The highest BCUT2D eigenvalue weighted by Gasteiger charge is 2.16. The summed E-state index contributed by atoms with van der Waals surface area (Å²) in [5, 5.41) is 8.40. The molecule has 2 aromatic carbocycles. The molecule has 0 amide bonds. The van der Waals surface area contributed by atoms with Crippen LogP contribution in [0.5, 0.6) is 0 Å². The molecule has 4 aromatic rings. The highest BCUT2D eigenvalue weighted by molar-refractivity contribution is 7.89. The molecule has 2 aromatic heterocycles. The smallest absolute Gasteiger partial charge is 0.240 e. The Morgan fingerprint density at radius 3 is 2.18 bits per heavy atom. The van der Waals surface area contributed by atoms with E-state index in [-0.39, 0.29) is 18.0 Å². The average Bonchev–Trinajstić information content (AvgIpc) is 3.25. The molecule has 0 bridgehead atoms. The molecule has 0 atom stereocenters. The number of nitrogen functional groups attached to an aromatic ring is 1. The fraction of sp³-hybridized carbons (Fsp3) is 0.333. The summed E-state index contributed by atoms with van der Waals surface area (Å²) < 4.78 is 35.7. The molecule has 0 radical (unpaired) electrons. The van der Waals surface area contributed by atoms with Crippen LogP contribution < -0.4 is 15.4 Å². The molecule has 0 aliphatic carbocycles. The number of hydrogen-bond acceptors (Lipinski definition) is 9. The standard InChI is InChI=1S/C27H34N8O3S/c1-18-19(2)30-27(28)25-26(18)35(20(3)31-25)15-17-38-16-14-29-39(36,37)24-12-8-22(9-13-24)33-32-21-6-10-23(11-7-21)34(4)5/h6-13,29H,14-17H2,1-5H3,(H2,28,30)/b33-32+. The summed E-state index contributed by atoms with van der Waals surface area (Å²) in [6.45, 7) is 7.16. The van der Waals surface area contributed by atoms with Crippen molar-refractivity contribution in [3.63, 3.8) is 0 Å². The summed E-state index contributed by atoms with van der Waals surface area (Å²) in [4.78, 5) is 11.1. The van der Waals surface area contributed by atoms with Crippen LogP contribution in [0.1, 0.15) is 17.1 Å². The molecule has 3 N–H and O–H groups in total. The van der Waals surface area contributed by atoms with Gasteiger partial charge in [-0.05, 0) is 74.9 Å². The van der Waals surface area contributed by atoms with E-state index in [1.54, 1.807) is 12.1 Å². The molecule has 0 saturated carbocycles. The number of azo groups is 1. The van der Waals surface area contributed by atoms with Gasteiger partial charge in [0.15, 0.2) is 5.82 Å². The third-order valence-electron chi connectivity index (χ3n) is 6.38. The quantitative estimate of drug-likeness (QED) is 0.208. The Kier molecular flexibility index (Phi) is 8.58. The molecule has 0 spiro atoms. The third kappa shape index (κ3) is 6.59. The molecule has 39 heavy (non-hydrogen) atoms. The highest BCUT2D eigenvalue weighted by Crippen LogP contribution is 2.26. The van der Waals surface area contributed by atoms with Gasteiger partial charge in [-0.25, -0.2) is 23.1 Å². The van der Waals surface area contributed by atoms with Gasteiger partial charge >= 0.3 is 0 Å². The minimum absolute atomic E-state index is 0.144. The Bertz CT molecular complexity index is 1580. The Hall–Kier alpha value is -3.87. The number of anilines is 2. The van der Waals surface area contributed by atoms with Crippen LogP contribution in [0.2, 0.25) is 0 Å². The van der Waals surface area contributed by atoms with Crippen LogP contribution in [0.15, 0.2) is 63.7 Å². The maximum atomic E-state index is 12.7. The van der Waals surface area contributed by atoms with Crippen molar-refractivity contribution in [3.8, 4) is 0 Å². The molecule has 0 aliphatic rings. The van der Waals surface area contributed by atoms with Gasteiger partial charge in [0.1, 0.15) is 11.3 Å². The van der Waals surface area contributed by atoms with Gasteiger partial charge < -0.3 is 19.9 Å². The number of imidazole rings is 1. The van der Waals surface area contributed by atoms with Gasteiger partial charge in [0.2, 0.25) is 10.0 Å². The molecule has 12 heteroatoms. The van der Waals surface area contributed by atoms with Crippen molar-refractivity contribution in [2.45, 2.75) is 32.2 Å². The summed E-state index contributed by atoms with van der Waals surface area (Å²) in [5.74, 6) is 1.23. The number of hydrogen-bond donors (Lipinski definition) is 2. The lowest BCUT2D eigenvalue weighted by atomic mass is 10.2. The van der Waals surface area contributed by atoms with Crippen LogP contribution in [-0.2, 0) is 21.3 Å². The first-order valence-electron chi connectivity index (χ1n) is 12.5. The van der Waals surface area contributed by atoms with Gasteiger partial charge in [0.25, 0.3) is 0 Å². The van der Waals surface area contributed by atoms with Crippen molar-refractivity contribution in [3.05, 3.63) is 65.6 Å². The van der Waals surface area contributed by atoms with Crippen LogP contribution in [-0.4, -0.2) is 56.8 Å². The number of benzene rings is 2. The fourth-order valence-corrected chi connectivity index (χ4v) is 5.11. The zero-order valence-electron chi connectivity index (χ0n) is 22.8. The lowest BCUT2D eigenvalue weighted by Crippen LogP contribution is -2.27. The Balaban J connectivity index is 1.26. The minimum atomic E-state index is -3.68. The van der Waals surface area contributed by atoms with Crippen LogP contribution in [0, 0.1) is 20.8 Å². The van der Waals surface area contributed by atoms with Gasteiger partial charge in [-0.15, -0.1) is 0 Å². The van der Waals surface area contributed by atoms with Crippen LogP contribution in [0.3, 0.4) is 0 Å². The van der Waals surface area contributed by atoms with Crippen molar-refractivity contribution < 1.29 is 13.2 Å². The van der Waals surface area contributed by atoms with Gasteiger partial charge in [-0.3, -0.25) is 0 Å². The van der Waals surface area contributed by atoms with Crippen molar-refractivity contribution >= 4 is 43.9 Å². The van der Waals surface area contributed by atoms with Crippen molar-refractivity contribution in [2.24, 2.45) is 10.2 Å². The maximum Gasteiger partial charge on any atom is 0.240 e. The summed E-state index contributed by atoms with van der Waals surface area (Å²) in [6, 6.07) is 13.9. The number of rotatable bonds is 11. The van der Waals surface area contributed by atoms with E-state index in [1.807, 2.05) is 64.0 Å². The number of nitrogens with one attached hydrogen (secondary N) is 1. The van der Waals surface area contributed by atoms with Gasteiger partial charge in [-0.1, -0.05) is 0 Å². The zero-order valence-corrected chi connectivity index (χ0v) is 23.7. The fourth-order valence-electron chi connectivity index (χ4n) is 4.10. The first-order valence-corrected chi connectivity index (χ1v) is 14.0. The Morgan fingerprint density at radius 1 is 0.949 bits per heavy atom. The predicted octanol–water partition coefficient (Wildman–Crippen LogP) is 4.42. The highest BCUT2D eigenvalue weighted by atomic mass is 32.2. The SMILES string of the molecule is Cc1nc(N)c2nc(C)n(CCOCCNS(=O)(=O)c3ccc(/N=N/c4ccc(N(C)C)cc4)cc3)c2c1C. The first kappa shape index (κ1) is 28.1. The second-order valence-electron chi connectivity index (χ2n) is 9.33. The molecule has 206 valence electrons. The molecule has 0 fully saturated rings. The first-order chi connectivity index (χ1) is 18.6. The van der Waals surface area contributed by atoms with E-state index in [1.165, 1.54) is 12.1 Å². The van der Waals surface area contributed by atoms with Crippen LogP contribution >= 0.6 is 0 Å². The lowest BCUT2D eigenvalue weighted by Gasteiger charge is -2.11. The van der Waals surface area contributed by atoms with E-state index in [4.69, 9.17) is 10.5 Å². The monoisotopic (exact) mass is 550 g/mol. The summed E-state index contributed by atoms with van der Waals surface area (Å²) >= 11 is 0. The Morgan fingerprint density at radius 2 is 1.56 bits per heavy atom.